The molecule has 0 aliphatic heterocycles. The molecule has 0 aliphatic carbocycles. The van der Waals surface area contributed by atoms with Crippen molar-refractivity contribution in [3.8, 4) is 11.5 Å². The minimum Gasteiger partial charge on any atom is -0.504 e. The lowest BCUT2D eigenvalue weighted by atomic mass is 10.0. The number of carbonyl (C=O) groups excluding carboxylic acids is 1. The van der Waals surface area contributed by atoms with Gasteiger partial charge in [0.15, 0.2) is 11.5 Å². The second-order valence-corrected chi connectivity index (χ2v) is 4.87. The first-order valence-corrected chi connectivity index (χ1v) is 6.58. The Morgan fingerprint density at radius 2 is 1.81 bits per heavy atom. The van der Waals surface area contributed by atoms with Gasteiger partial charge in [0.2, 0.25) is 5.91 Å². The molecular formula is C16H18N2O3. The van der Waals surface area contributed by atoms with E-state index in [1.807, 2.05) is 30.3 Å². The third-order valence-electron chi connectivity index (χ3n) is 3.29. The van der Waals surface area contributed by atoms with Crippen LogP contribution in [0.25, 0.3) is 0 Å². The fraction of sp³-hybridized carbons (Fsp3) is 0.188. The summed E-state index contributed by atoms with van der Waals surface area (Å²) in [5.41, 5.74) is 7.40. The van der Waals surface area contributed by atoms with E-state index >= 15 is 0 Å². The molecule has 0 radical (unpaired) electrons. The number of carbonyl (C=O) groups is 1. The molecule has 0 aromatic heterocycles. The number of rotatable bonds is 4. The SMILES string of the molecule is CN(C(=O)[C@@H](N)Cc1ccc(O)c(O)c1)c1ccccc1. The Morgan fingerprint density at radius 3 is 2.43 bits per heavy atom. The first-order chi connectivity index (χ1) is 9.99. The van der Waals surface area contributed by atoms with Gasteiger partial charge in [0.1, 0.15) is 0 Å². The van der Waals surface area contributed by atoms with Gasteiger partial charge in [-0.05, 0) is 36.2 Å². The van der Waals surface area contributed by atoms with Gasteiger partial charge in [-0.1, -0.05) is 24.3 Å². The summed E-state index contributed by atoms with van der Waals surface area (Å²) in [5.74, 6) is -0.627. The standard InChI is InChI=1S/C16H18N2O3/c1-18(12-5-3-2-4-6-12)16(21)13(17)9-11-7-8-14(19)15(20)10-11/h2-8,10,13,19-20H,9,17H2,1H3/t13-/m0/s1. The molecule has 21 heavy (non-hydrogen) atoms. The third-order valence-corrected chi connectivity index (χ3v) is 3.29. The van der Waals surface area contributed by atoms with E-state index in [-0.39, 0.29) is 23.8 Å². The molecule has 2 aromatic carbocycles. The first kappa shape index (κ1) is 14.9. The number of aromatic hydroxyl groups is 2. The lowest BCUT2D eigenvalue weighted by Crippen LogP contribution is -2.43. The molecule has 5 nitrogen and oxygen atoms in total. The Kier molecular flexibility index (Phi) is 4.45. The molecule has 1 amide bonds. The average molecular weight is 286 g/mol. The summed E-state index contributed by atoms with van der Waals surface area (Å²) in [7, 11) is 1.67. The summed E-state index contributed by atoms with van der Waals surface area (Å²) in [4.78, 5) is 13.8. The summed E-state index contributed by atoms with van der Waals surface area (Å²) in [5, 5.41) is 18.7. The Balaban J connectivity index is 2.07. The van der Waals surface area contributed by atoms with Crippen molar-refractivity contribution in [1.82, 2.24) is 0 Å². The van der Waals surface area contributed by atoms with Gasteiger partial charge in [-0.25, -0.2) is 0 Å². The maximum absolute atomic E-state index is 12.3. The van der Waals surface area contributed by atoms with Crippen LogP contribution in [0.2, 0.25) is 0 Å². The maximum Gasteiger partial charge on any atom is 0.243 e. The molecule has 2 rings (SSSR count). The zero-order chi connectivity index (χ0) is 15.4. The number of nitrogens with two attached hydrogens (primary N) is 1. The van der Waals surface area contributed by atoms with Crippen LogP contribution in [0, 0.1) is 0 Å². The van der Waals surface area contributed by atoms with E-state index in [4.69, 9.17) is 5.73 Å². The summed E-state index contributed by atoms with van der Waals surface area (Å²) < 4.78 is 0. The zero-order valence-electron chi connectivity index (χ0n) is 11.7. The highest BCUT2D eigenvalue weighted by atomic mass is 16.3. The van der Waals surface area contributed by atoms with Crippen molar-refractivity contribution >= 4 is 11.6 Å². The van der Waals surface area contributed by atoms with Crippen molar-refractivity contribution in [1.29, 1.82) is 0 Å². The van der Waals surface area contributed by atoms with Crippen LogP contribution in [0.4, 0.5) is 5.69 Å². The normalized spacial score (nSPS) is 11.9. The van der Waals surface area contributed by atoms with Crippen molar-refractivity contribution in [3.63, 3.8) is 0 Å². The number of para-hydroxylation sites is 1. The summed E-state index contributed by atoms with van der Waals surface area (Å²) in [6.07, 6.45) is 0.282. The molecule has 4 N–H and O–H groups in total. The fourth-order valence-corrected chi connectivity index (χ4v) is 2.06. The Bertz CT molecular complexity index is 629. The van der Waals surface area contributed by atoms with E-state index < -0.39 is 6.04 Å². The second kappa shape index (κ2) is 6.28. The van der Waals surface area contributed by atoms with Crippen molar-refractivity contribution in [2.45, 2.75) is 12.5 Å². The molecule has 5 heteroatoms. The molecule has 0 fully saturated rings. The zero-order valence-corrected chi connectivity index (χ0v) is 11.7. The number of amides is 1. The number of phenolic OH excluding ortho intramolecular Hbond substituents is 2. The van der Waals surface area contributed by atoms with Gasteiger partial charge < -0.3 is 20.8 Å². The van der Waals surface area contributed by atoms with Gasteiger partial charge in [-0.15, -0.1) is 0 Å². The second-order valence-electron chi connectivity index (χ2n) is 4.87. The molecule has 2 aromatic rings. The molecule has 0 heterocycles. The van der Waals surface area contributed by atoms with Crippen molar-refractivity contribution in [2.24, 2.45) is 5.73 Å². The topological polar surface area (TPSA) is 86.8 Å². The number of hydrogen-bond acceptors (Lipinski definition) is 4. The molecule has 0 saturated carbocycles. The maximum atomic E-state index is 12.3. The van der Waals surface area contributed by atoms with Crippen LogP contribution in [0.5, 0.6) is 11.5 Å². The third kappa shape index (κ3) is 3.52. The lowest BCUT2D eigenvalue weighted by Gasteiger charge is -2.21. The van der Waals surface area contributed by atoms with Crippen LogP contribution in [0.3, 0.4) is 0 Å². The summed E-state index contributed by atoms with van der Waals surface area (Å²) >= 11 is 0. The Morgan fingerprint density at radius 1 is 1.14 bits per heavy atom. The largest absolute Gasteiger partial charge is 0.504 e. The van der Waals surface area contributed by atoms with E-state index in [1.165, 1.54) is 17.0 Å². The number of nitrogens with zero attached hydrogens (tertiary/aromatic N) is 1. The van der Waals surface area contributed by atoms with Gasteiger partial charge in [-0.2, -0.15) is 0 Å². The van der Waals surface area contributed by atoms with Crippen molar-refractivity contribution < 1.29 is 15.0 Å². The van der Waals surface area contributed by atoms with Crippen LogP contribution in [0.15, 0.2) is 48.5 Å². The molecular weight excluding hydrogens is 268 g/mol. The van der Waals surface area contributed by atoms with Crippen LogP contribution in [0.1, 0.15) is 5.56 Å². The molecule has 0 bridgehead atoms. The van der Waals surface area contributed by atoms with E-state index in [0.29, 0.717) is 5.56 Å². The van der Waals surface area contributed by atoms with E-state index in [2.05, 4.69) is 0 Å². The molecule has 0 spiro atoms. The monoisotopic (exact) mass is 286 g/mol. The Labute approximate surface area is 123 Å². The van der Waals surface area contributed by atoms with Crippen LogP contribution in [-0.2, 0) is 11.2 Å². The minimum absolute atomic E-state index is 0.194. The van der Waals surface area contributed by atoms with Gasteiger partial charge in [0.25, 0.3) is 0 Å². The lowest BCUT2D eigenvalue weighted by molar-refractivity contribution is -0.119. The van der Waals surface area contributed by atoms with Crippen LogP contribution in [-0.4, -0.2) is 29.2 Å². The average Bonchev–Trinajstić information content (AvgIpc) is 2.50. The number of hydrogen-bond donors (Lipinski definition) is 3. The fourth-order valence-electron chi connectivity index (χ4n) is 2.06. The summed E-state index contributed by atoms with van der Waals surface area (Å²) in [6.45, 7) is 0. The van der Waals surface area contributed by atoms with Gasteiger partial charge >= 0.3 is 0 Å². The molecule has 0 unspecified atom stereocenters. The quantitative estimate of drug-likeness (QED) is 0.746. The highest BCUT2D eigenvalue weighted by Crippen LogP contribution is 2.25. The van der Waals surface area contributed by atoms with E-state index in [1.54, 1.807) is 13.1 Å². The molecule has 0 saturated heterocycles. The molecule has 1 atom stereocenters. The van der Waals surface area contributed by atoms with Crippen molar-refractivity contribution in [2.75, 3.05) is 11.9 Å². The highest BCUT2D eigenvalue weighted by molar-refractivity contribution is 5.96. The molecule has 0 aliphatic rings. The van der Waals surface area contributed by atoms with Crippen molar-refractivity contribution in [3.05, 3.63) is 54.1 Å². The smallest absolute Gasteiger partial charge is 0.243 e. The number of phenols is 2. The minimum atomic E-state index is -0.723. The van der Waals surface area contributed by atoms with Gasteiger partial charge in [-0.3, -0.25) is 4.79 Å². The number of benzene rings is 2. The summed E-state index contributed by atoms with van der Waals surface area (Å²) in [6, 6.07) is 12.9. The highest BCUT2D eigenvalue weighted by Gasteiger charge is 2.19. The van der Waals surface area contributed by atoms with Gasteiger partial charge in [0, 0.05) is 12.7 Å². The van der Waals surface area contributed by atoms with Crippen LogP contribution >= 0.6 is 0 Å². The predicted molar refractivity (Wildman–Crippen MR) is 81.3 cm³/mol. The van der Waals surface area contributed by atoms with E-state index in [0.717, 1.165) is 5.69 Å². The van der Waals surface area contributed by atoms with Gasteiger partial charge in [0.05, 0.1) is 6.04 Å². The Hall–Kier alpha value is -2.53. The van der Waals surface area contributed by atoms with Crippen LogP contribution < -0.4 is 10.6 Å². The first-order valence-electron chi connectivity index (χ1n) is 6.58. The molecule has 110 valence electrons. The number of anilines is 1. The van der Waals surface area contributed by atoms with E-state index in [9.17, 15) is 15.0 Å². The number of likely N-dealkylation sites (N-methyl/N-ethyl adjacent to an activating group) is 1. The predicted octanol–water partition coefficient (Wildman–Crippen LogP) is 1.63.